The number of ether oxygens (including phenoxy) is 1. The second kappa shape index (κ2) is 5.34. The van der Waals surface area contributed by atoms with E-state index in [2.05, 4.69) is 21.4 Å². The molecule has 0 fully saturated rings. The maximum Gasteiger partial charge on any atom is 0.376 e. The summed E-state index contributed by atoms with van der Waals surface area (Å²) < 4.78 is 4.36. The molecule has 0 unspecified atom stereocenters. The van der Waals surface area contributed by atoms with Gasteiger partial charge in [-0.15, -0.1) is 0 Å². The third kappa shape index (κ3) is 3.30. The number of allylic oxidation sites excluding steroid dienone is 1. The van der Waals surface area contributed by atoms with Crippen molar-refractivity contribution in [3.8, 4) is 0 Å². The molecule has 0 radical (unpaired) electrons. The van der Waals surface area contributed by atoms with E-state index in [9.17, 15) is 4.79 Å². The van der Waals surface area contributed by atoms with Crippen molar-refractivity contribution in [2.45, 2.75) is 6.92 Å². The van der Waals surface area contributed by atoms with Gasteiger partial charge in [0.1, 0.15) is 0 Å². The van der Waals surface area contributed by atoms with Crippen LogP contribution in [0.2, 0.25) is 0 Å². The molecule has 4 nitrogen and oxygen atoms in total. The normalized spacial score (nSPS) is 11.6. The first-order valence-corrected chi connectivity index (χ1v) is 3.00. The summed E-state index contributed by atoms with van der Waals surface area (Å²) >= 11 is 0. The molecule has 0 spiro atoms. The van der Waals surface area contributed by atoms with Crippen molar-refractivity contribution in [1.29, 1.82) is 0 Å². The van der Waals surface area contributed by atoms with Crippen LogP contribution >= 0.6 is 0 Å². The van der Waals surface area contributed by atoms with E-state index in [-0.39, 0.29) is 5.84 Å². The van der Waals surface area contributed by atoms with Crippen LogP contribution in [0.5, 0.6) is 0 Å². The molecule has 60 valence electrons. The molecular formula is C7H10N2O2. The standard InChI is InChI=1S/C7H10N2O2/c1-4-5-9-6(8-2)7(10)11-3/h4-5H,2H2,1,3H3/b5-4-,9-6-. The fourth-order valence-electron chi connectivity index (χ4n) is 0.395. The van der Waals surface area contributed by atoms with Crippen LogP contribution in [0.25, 0.3) is 0 Å². The number of aliphatic imine (C=N–C) groups is 2. The largest absolute Gasteiger partial charge is 0.463 e. The van der Waals surface area contributed by atoms with Gasteiger partial charge in [-0.2, -0.15) is 0 Å². The monoisotopic (exact) mass is 154 g/mol. The van der Waals surface area contributed by atoms with Crippen LogP contribution in [0.15, 0.2) is 22.3 Å². The number of carbonyl (C=O) groups excluding carboxylic acids is 1. The SMILES string of the molecule is C=N/C(=N\C=C/C)C(=O)OC. The summed E-state index contributed by atoms with van der Waals surface area (Å²) in [4.78, 5) is 17.8. The Hall–Kier alpha value is -1.45. The van der Waals surface area contributed by atoms with E-state index in [1.807, 2.05) is 0 Å². The summed E-state index contributed by atoms with van der Waals surface area (Å²) in [5, 5.41) is 0. The van der Waals surface area contributed by atoms with Gasteiger partial charge in [0.25, 0.3) is 0 Å². The third-order valence-electron chi connectivity index (χ3n) is 0.864. The van der Waals surface area contributed by atoms with E-state index in [1.54, 1.807) is 13.0 Å². The summed E-state index contributed by atoms with van der Waals surface area (Å²) in [6.07, 6.45) is 3.12. The van der Waals surface area contributed by atoms with Crippen molar-refractivity contribution in [3.63, 3.8) is 0 Å². The van der Waals surface area contributed by atoms with Gasteiger partial charge in [-0.05, 0) is 13.6 Å². The maximum absolute atomic E-state index is 10.7. The van der Waals surface area contributed by atoms with Crippen molar-refractivity contribution < 1.29 is 9.53 Å². The molecule has 0 aromatic rings. The van der Waals surface area contributed by atoms with Crippen molar-refractivity contribution in [2.75, 3.05) is 7.11 Å². The van der Waals surface area contributed by atoms with Gasteiger partial charge < -0.3 is 4.74 Å². The molecule has 0 aliphatic carbocycles. The molecular weight excluding hydrogens is 144 g/mol. The van der Waals surface area contributed by atoms with Gasteiger partial charge in [-0.25, -0.2) is 14.8 Å². The van der Waals surface area contributed by atoms with Crippen molar-refractivity contribution >= 4 is 18.5 Å². The number of amidine groups is 1. The van der Waals surface area contributed by atoms with E-state index in [0.717, 1.165) is 0 Å². The zero-order chi connectivity index (χ0) is 8.69. The third-order valence-corrected chi connectivity index (χ3v) is 0.864. The Morgan fingerprint density at radius 1 is 1.64 bits per heavy atom. The Balaban J connectivity index is 4.38. The van der Waals surface area contributed by atoms with Crippen LogP contribution in [-0.4, -0.2) is 25.6 Å². The van der Waals surface area contributed by atoms with Gasteiger partial charge in [0.15, 0.2) is 0 Å². The van der Waals surface area contributed by atoms with Crippen LogP contribution in [0.4, 0.5) is 0 Å². The molecule has 0 atom stereocenters. The van der Waals surface area contributed by atoms with Gasteiger partial charge >= 0.3 is 5.97 Å². The van der Waals surface area contributed by atoms with E-state index < -0.39 is 5.97 Å². The molecule has 0 heterocycles. The Bertz CT molecular complexity index is 206. The number of nitrogens with zero attached hydrogens (tertiary/aromatic N) is 2. The highest BCUT2D eigenvalue weighted by molar-refractivity contribution is 6.36. The molecule has 0 aliphatic heterocycles. The van der Waals surface area contributed by atoms with Gasteiger partial charge in [-0.1, -0.05) is 6.08 Å². The highest BCUT2D eigenvalue weighted by atomic mass is 16.5. The van der Waals surface area contributed by atoms with E-state index in [0.29, 0.717) is 0 Å². The lowest BCUT2D eigenvalue weighted by atomic mass is 10.6. The Morgan fingerprint density at radius 2 is 2.27 bits per heavy atom. The lowest BCUT2D eigenvalue weighted by molar-refractivity contribution is -0.132. The van der Waals surface area contributed by atoms with Gasteiger partial charge in [0, 0.05) is 6.20 Å². The molecule has 0 N–H and O–H groups in total. The lowest BCUT2D eigenvalue weighted by Gasteiger charge is -1.93. The smallest absolute Gasteiger partial charge is 0.376 e. The Labute approximate surface area is 65.3 Å². The molecule has 0 saturated heterocycles. The van der Waals surface area contributed by atoms with E-state index in [4.69, 9.17) is 0 Å². The lowest BCUT2D eigenvalue weighted by Crippen LogP contribution is -2.12. The summed E-state index contributed by atoms with van der Waals surface area (Å²) in [5.74, 6) is -0.622. The Morgan fingerprint density at radius 3 is 2.64 bits per heavy atom. The predicted octanol–water partition coefficient (Wildman–Crippen LogP) is 0.792. The summed E-state index contributed by atoms with van der Waals surface area (Å²) in [6, 6.07) is 0. The molecule has 0 amide bonds. The quantitative estimate of drug-likeness (QED) is 0.318. The number of carbonyl (C=O) groups is 1. The van der Waals surface area contributed by atoms with Crippen LogP contribution in [0.1, 0.15) is 6.92 Å². The zero-order valence-electron chi connectivity index (χ0n) is 6.57. The minimum absolute atomic E-state index is 0.0365. The van der Waals surface area contributed by atoms with E-state index >= 15 is 0 Å². The minimum atomic E-state index is -0.585. The van der Waals surface area contributed by atoms with E-state index in [1.165, 1.54) is 13.3 Å². The number of methoxy groups -OCH3 is 1. The molecule has 0 bridgehead atoms. The Kier molecular flexibility index (Phi) is 4.64. The molecule has 4 heteroatoms. The molecule has 0 aliphatic rings. The van der Waals surface area contributed by atoms with Crippen molar-refractivity contribution in [1.82, 2.24) is 0 Å². The summed E-state index contributed by atoms with van der Waals surface area (Å²) in [7, 11) is 1.26. The van der Waals surface area contributed by atoms with Crippen molar-refractivity contribution in [2.24, 2.45) is 9.98 Å². The first-order chi connectivity index (χ1) is 5.26. The van der Waals surface area contributed by atoms with Crippen LogP contribution < -0.4 is 0 Å². The molecule has 0 rings (SSSR count). The first kappa shape index (κ1) is 9.55. The molecule has 11 heavy (non-hydrogen) atoms. The van der Waals surface area contributed by atoms with Crippen LogP contribution in [0.3, 0.4) is 0 Å². The average Bonchev–Trinajstić information content (AvgIpc) is 2.05. The summed E-state index contributed by atoms with van der Waals surface area (Å²) in [6.45, 7) is 4.95. The zero-order valence-corrected chi connectivity index (χ0v) is 6.57. The molecule has 0 saturated carbocycles. The van der Waals surface area contributed by atoms with Crippen LogP contribution in [-0.2, 0) is 9.53 Å². The van der Waals surface area contributed by atoms with Gasteiger partial charge in [-0.3, -0.25) is 0 Å². The highest BCUT2D eigenvalue weighted by Crippen LogP contribution is 1.86. The predicted molar refractivity (Wildman–Crippen MR) is 43.8 cm³/mol. The number of rotatable bonds is 1. The fourth-order valence-corrected chi connectivity index (χ4v) is 0.395. The van der Waals surface area contributed by atoms with Gasteiger partial charge in [0.2, 0.25) is 5.84 Å². The number of hydrogen-bond acceptors (Lipinski definition) is 3. The van der Waals surface area contributed by atoms with Gasteiger partial charge in [0.05, 0.1) is 7.11 Å². The number of esters is 1. The second-order valence-corrected chi connectivity index (χ2v) is 1.58. The molecule has 0 aromatic carbocycles. The first-order valence-electron chi connectivity index (χ1n) is 3.00. The maximum atomic E-state index is 10.7. The van der Waals surface area contributed by atoms with Crippen molar-refractivity contribution in [3.05, 3.63) is 12.3 Å². The topological polar surface area (TPSA) is 51.0 Å². The second-order valence-electron chi connectivity index (χ2n) is 1.58. The minimum Gasteiger partial charge on any atom is -0.463 e. The number of hydrogen-bond donors (Lipinski definition) is 0. The average molecular weight is 154 g/mol. The highest BCUT2D eigenvalue weighted by Gasteiger charge is 2.06. The summed E-state index contributed by atoms with van der Waals surface area (Å²) in [5.41, 5.74) is 0. The van der Waals surface area contributed by atoms with Crippen LogP contribution in [0, 0.1) is 0 Å². The molecule has 0 aromatic heterocycles. The fraction of sp³-hybridized carbons (Fsp3) is 0.286.